The second-order valence-electron chi connectivity index (χ2n) is 13.1. The van der Waals surface area contributed by atoms with Gasteiger partial charge in [-0.25, -0.2) is 14.6 Å². The van der Waals surface area contributed by atoms with Gasteiger partial charge in [0.2, 0.25) is 0 Å². The summed E-state index contributed by atoms with van der Waals surface area (Å²) < 4.78 is 48.3. The molecule has 16 heteroatoms. The SMILES string of the molecule is Cc1cn2c(-c3cnn(COCC[Si](C)(C)C)c3)cnc2c(N(COCC[Si](C)(C)C)c2cc(COS(C)(=O)=O)ns2)n1. The van der Waals surface area contributed by atoms with Crippen molar-refractivity contribution in [3.63, 3.8) is 0 Å². The molecule has 0 radical (unpaired) electrons. The van der Waals surface area contributed by atoms with Gasteiger partial charge in [0.05, 0.1) is 35.7 Å². The van der Waals surface area contributed by atoms with E-state index in [1.54, 1.807) is 10.7 Å². The van der Waals surface area contributed by atoms with E-state index in [1.165, 1.54) is 11.5 Å². The van der Waals surface area contributed by atoms with E-state index in [0.717, 1.165) is 46.9 Å². The molecule has 0 bridgehead atoms. The molecule has 12 nitrogen and oxygen atoms in total. The summed E-state index contributed by atoms with van der Waals surface area (Å²) in [4.78, 5) is 11.6. The van der Waals surface area contributed by atoms with Crippen LogP contribution in [0.15, 0.2) is 30.9 Å². The topological polar surface area (TPSA) is 126 Å². The van der Waals surface area contributed by atoms with Crippen LogP contribution < -0.4 is 4.90 Å². The van der Waals surface area contributed by atoms with Crippen molar-refractivity contribution in [3.8, 4) is 11.3 Å². The molecule has 4 heterocycles. The molecule has 0 saturated heterocycles. The third-order valence-corrected chi connectivity index (χ3v) is 11.3. The van der Waals surface area contributed by atoms with Gasteiger partial charge in [-0.1, -0.05) is 39.3 Å². The molecular formula is C27H43N7O5S2Si2. The summed E-state index contributed by atoms with van der Waals surface area (Å²) >= 11 is 1.23. The molecule has 0 fully saturated rings. The fraction of sp³-hybridized carbons (Fsp3) is 0.556. The van der Waals surface area contributed by atoms with Gasteiger partial charge in [-0.3, -0.25) is 13.5 Å². The molecular weight excluding hydrogens is 623 g/mol. The summed E-state index contributed by atoms with van der Waals surface area (Å²) in [5.41, 5.74) is 3.73. The highest BCUT2D eigenvalue weighted by Crippen LogP contribution is 2.33. The molecule has 0 unspecified atom stereocenters. The second-order valence-corrected chi connectivity index (χ2v) is 26.7. The van der Waals surface area contributed by atoms with Gasteiger partial charge in [-0.15, -0.1) is 0 Å². The number of aryl methyl sites for hydroxylation is 1. The van der Waals surface area contributed by atoms with Crippen LogP contribution in [0.1, 0.15) is 11.4 Å². The average molecular weight is 666 g/mol. The van der Waals surface area contributed by atoms with Crippen molar-refractivity contribution in [3.05, 3.63) is 42.2 Å². The molecule has 4 rings (SSSR count). The third kappa shape index (κ3) is 10.0. The van der Waals surface area contributed by atoms with E-state index in [1.807, 2.05) is 41.0 Å². The lowest BCUT2D eigenvalue weighted by Crippen LogP contribution is -2.26. The molecule has 0 saturated carbocycles. The van der Waals surface area contributed by atoms with Crippen molar-refractivity contribution < 1.29 is 22.1 Å². The number of rotatable bonds is 16. The minimum atomic E-state index is -3.59. The predicted molar refractivity (Wildman–Crippen MR) is 176 cm³/mol. The van der Waals surface area contributed by atoms with Gasteiger partial charge < -0.3 is 9.47 Å². The first kappa shape index (κ1) is 33.4. The van der Waals surface area contributed by atoms with Gasteiger partial charge in [0.15, 0.2) is 11.5 Å². The second kappa shape index (κ2) is 13.7. The zero-order chi connectivity index (χ0) is 31.4. The number of anilines is 2. The summed E-state index contributed by atoms with van der Waals surface area (Å²) in [6.07, 6.45) is 8.56. The van der Waals surface area contributed by atoms with E-state index < -0.39 is 26.3 Å². The molecule has 43 heavy (non-hydrogen) atoms. The lowest BCUT2D eigenvalue weighted by atomic mass is 10.3. The quantitative estimate of drug-likeness (QED) is 0.0646. The number of nitrogens with zero attached hydrogens (tertiary/aromatic N) is 7. The first-order valence-electron chi connectivity index (χ1n) is 14.2. The molecule has 0 amide bonds. The monoisotopic (exact) mass is 665 g/mol. The number of aromatic nitrogens is 6. The van der Waals surface area contributed by atoms with Crippen LogP contribution in [0.25, 0.3) is 16.9 Å². The Morgan fingerprint density at radius 2 is 1.70 bits per heavy atom. The van der Waals surface area contributed by atoms with Gasteiger partial charge >= 0.3 is 0 Å². The Bertz CT molecular complexity index is 1620. The molecule has 0 aliphatic carbocycles. The van der Waals surface area contributed by atoms with E-state index in [2.05, 4.69) is 48.8 Å². The molecule has 4 aromatic rings. The largest absolute Gasteiger partial charge is 0.361 e. The Kier molecular flexibility index (Phi) is 10.6. The fourth-order valence-electron chi connectivity index (χ4n) is 4.01. The molecule has 0 spiro atoms. The van der Waals surface area contributed by atoms with Crippen LogP contribution in [-0.2, 0) is 37.1 Å². The van der Waals surface area contributed by atoms with Crippen molar-refractivity contribution in [2.24, 2.45) is 0 Å². The number of fused-ring (bicyclic) bond motifs is 1. The Hall–Kier alpha value is -2.48. The highest BCUT2D eigenvalue weighted by Gasteiger charge is 2.23. The van der Waals surface area contributed by atoms with Crippen molar-refractivity contribution in [1.29, 1.82) is 0 Å². The number of hydrogen-bond acceptors (Lipinski definition) is 11. The first-order valence-corrected chi connectivity index (χ1v) is 24.2. The maximum absolute atomic E-state index is 11.5. The van der Waals surface area contributed by atoms with Crippen molar-refractivity contribution in [1.82, 2.24) is 28.5 Å². The van der Waals surface area contributed by atoms with Crippen LogP contribution in [0.3, 0.4) is 0 Å². The molecule has 0 aliphatic rings. The molecule has 4 aromatic heterocycles. The van der Waals surface area contributed by atoms with E-state index >= 15 is 0 Å². The minimum Gasteiger partial charge on any atom is -0.361 e. The Morgan fingerprint density at radius 3 is 2.37 bits per heavy atom. The predicted octanol–water partition coefficient (Wildman–Crippen LogP) is 5.60. The standard InChI is InChI=1S/C27H43N7O5S2Si2/c1-21-16-33-24(22-14-29-32(17-22)19-37-9-11-42(3,4)5)15-28-26(33)27(30-21)34(20-38-10-12-43(6,7)8)25-13-23(31-40-25)18-39-41(2,35)36/h13-17H,9-12,18-20H2,1-8H3. The summed E-state index contributed by atoms with van der Waals surface area (Å²) in [7, 11) is -6.04. The smallest absolute Gasteiger partial charge is 0.264 e. The van der Waals surface area contributed by atoms with E-state index in [0.29, 0.717) is 30.5 Å². The molecule has 0 aromatic carbocycles. The molecule has 0 atom stereocenters. The van der Waals surface area contributed by atoms with Gasteiger partial charge in [-0.2, -0.15) is 17.9 Å². The zero-order valence-corrected chi connectivity index (χ0v) is 30.0. The summed E-state index contributed by atoms with van der Waals surface area (Å²) in [6.45, 7) is 17.7. The van der Waals surface area contributed by atoms with Gasteiger partial charge in [0.1, 0.15) is 25.1 Å². The third-order valence-electron chi connectivity index (χ3n) is 6.45. The highest BCUT2D eigenvalue weighted by atomic mass is 32.2. The lowest BCUT2D eigenvalue weighted by molar-refractivity contribution is 0.0786. The molecule has 0 aliphatic heterocycles. The average Bonchev–Trinajstić information content (AvgIpc) is 3.63. The van der Waals surface area contributed by atoms with E-state index in [-0.39, 0.29) is 13.3 Å². The van der Waals surface area contributed by atoms with Crippen molar-refractivity contribution in [2.75, 3.05) is 31.1 Å². The Morgan fingerprint density at radius 1 is 1.00 bits per heavy atom. The van der Waals surface area contributed by atoms with Crippen LogP contribution in [-0.4, -0.2) is 79.3 Å². The Balaban J connectivity index is 1.62. The maximum Gasteiger partial charge on any atom is 0.264 e. The maximum atomic E-state index is 11.5. The minimum absolute atomic E-state index is 0.143. The molecule has 236 valence electrons. The normalized spacial score (nSPS) is 12.8. The fourth-order valence-corrected chi connectivity index (χ4v) is 6.60. The first-order chi connectivity index (χ1) is 20.1. The zero-order valence-electron chi connectivity index (χ0n) is 26.3. The van der Waals surface area contributed by atoms with Crippen LogP contribution in [0.2, 0.25) is 51.4 Å². The van der Waals surface area contributed by atoms with Crippen molar-refractivity contribution in [2.45, 2.75) is 71.6 Å². The van der Waals surface area contributed by atoms with Crippen LogP contribution in [0.4, 0.5) is 10.8 Å². The molecule has 0 N–H and O–H groups in total. The van der Waals surface area contributed by atoms with Gasteiger partial charge in [0, 0.05) is 47.3 Å². The van der Waals surface area contributed by atoms with Crippen LogP contribution >= 0.6 is 11.5 Å². The van der Waals surface area contributed by atoms with E-state index in [4.69, 9.17) is 23.6 Å². The summed E-state index contributed by atoms with van der Waals surface area (Å²) in [6, 6.07) is 3.93. The highest BCUT2D eigenvalue weighted by molar-refractivity contribution is 7.85. The van der Waals surface area contributed by atoms with Crippen molar-refractivity contribution >= 4 is 54.3 Å². The Labute approximate surface area is 260 Å². The number of ether oxygens (including phenoxy) is 2. The number of imidazole rings is 1. The number of hydrogen-bond donors (Lipinski definition) is 0. The van der Waals surface area contributed by atoms with Crippen LogP contribution in [0, 0.1) is 6.92 Å². The summed E-state index contributed by atoms with van der Waals surface area (Å²) in [5.74, 6) is 0.612. The van der Waals surface area contributed by atoms with Gasteiger partial charge in [0.25, 0.3) is 10.1 Å². The summed E-state index contributed by atoms with van der Waals surface area (Å²) in [5, 5.41) is 5.25. The van der Waals surface area contributed by atoms with E-state index in [9.17, 15) is 8.42 Å². The van der Waals surface area contributed by atoms with Crippen LogP contribution in [0.5, 0.6) is 0 Å². The van der Waals surface area contributed by atoms with Gasteiger partial charge in [-0.05, 0) is 36.6 Å². The lowest BCUT2D eigenvalue weighted by Gasteiger charge is -2.23.